The highest BCUT2D eigenvalue weighted by molar-refractivity contribution is 5.92. The van der Waals surface area contributed by atoms with Gasteiger partial charge in [-0.15, -0.1) is 0 Å². The predicted molar refractivity (Wildman–Crippen MR) is 90.3 cm³/mol. The van der Waals surface area contributed by atoms with Crippen LogP contribution in [0.2, 0.25) is 0 Å². The summed E-state index contributed by atoms with van der Waals surface area (Å²) in [5, 5.41) is 6.75. The summed E-state index contributed by atoms with van der Waals surface area (Å²) >= 11 is 0. The van der Waals surface area contributed by atoms with E-state index in [-0.39, 0.29) is 17.6 Å². The van der Waals surface area contributed by atoms with Crippen LogP contribution in [0.5, 0.6) is 0 Å². The maximum Gasteiger partial charge on any atom is 0.229 e. The molecule has 1 aromatic carbocycles. The molecule has 3 rings (SSSR count). The van der Waals surface area contributed by atoms with Gasteiger partial charge in [-0.3, -0.25) is 9.48 Å². The second kappa shape index (κ2) is 7.42. The van der Waals surface area contributed by atoms with Crippen molar-refractivity contribution >= 4 is 17.3 Å². The molecule has 1 saturated heterocycles. The topological polar surface area (TPSA) is 63.1 Å². The zero-order valence-corrected chi connectivity index (χ0v) is 13.8. The molecule has 1 amide bonds. The first-order chi connectivity index (χ1) is 11.6. The molecule has 1 atom stereocenters. The molecule has 1 aliphatic rings. The van der Waals surface area contributed by atoms with Crippen LogP contribution in [0.3, 0.4) is 0 Å². The first-order valence-electron chi connectivity index (χ1n) is 8.31. The Labute approximate surface area is 140 Å². The molecule has 0 saturated carbocycles. The molecule has 1 aromatic heterocycles. The van der Waals surface area contributed by atoms with Crippen molar-refractivity contribution in [1.82, 2.24) is 14.8 Å². The largest absolute Gasteiger partial charge is 0.369 e. The summed E-state index contributed by atoms with van der Waals surface area (Å²) < 4.78 is 16.0. The van der Waals surface area contributed by atoms with E-state index in [1.807, 2.05) is 0 Å². The van der Waals surface area contributed by atoms with Gasteiger partial charge in [-0.05, 0) is 37.5 Å². The number of halogens is 1. The molecule has 128 valence electrons. The summed E-state index contributed by atoms with van der Waals surface area (Å²) in [6, 6.07) is 4.90. The summed E-state index contributed by atoms with van der Waals surface area (Å²) in [6.45, 7) is 4.00. The number of benzene rings is 1. The van der Waals surface area contributed by atoms with Crippen LogP contribution in [0.4, 0.5) is 15.8 Å². The quantitative estimate of drug-likeness (QED) is 0.915. The minimum Gasteiger partial charge on any atom is -0.369 e. The summed E-state index contributed by atoms with van der Waals surface area (Å²) in [5.41, 5.74) is 1.09. The number of carbonyl (C=O) groups is 1. The Morgan fingerprint density at radius 1 is 1.33 bits per heavy atom. The predicted octanol–water partition coefficient (Wildman–Crippen LogP) is 2.68. The molecule has 0 spiro atoms. The van der Waals surface area contributed by atoms with Crippen molar-refractivity contribution in [3.8, 4) is 0 Å². The summed E-state index contributed by atoms with van der Waals surface area (Å²) in [6.07, 6.45) is 6.39. The van der Waals surface area contributed by atoms with E-state index in [4.69, 9.17) is 0 Å². The van der Waals surface area contributed by atoms with E-state index in [0.717, 1.165) is 25.9 Å². The van der Waals surface area contributed by atoms with Gasteiger partial charge in [0.05, 0.1) is 18.2 Å². The van der Waals surface area contributed by atoms with Crippen molar-refractivity contribution in [2.24, 2.45) is 5.92 Å². The van der Waals surface area contributed by atoms with Gasteiger partial charge in [0.25, 0.3) is 0 Å². The molecule has 2 aromatic rings. The monoisotopic (exact) mass is 331 g/mol. The van der Waals surface area contributed by atoms with Crippen molar-refractivity contribution in [2.75, 3.05) is 23.3 Å². The number of hydrogen-bond donors (Lipinski definition) is 1. The Morgan fingerprint density at radius 2 is 2.12 bits per heavy atom. The first-order valence-corrected chi connectivity index (χ1v) is 8.31. The smallest absolute Gasteiger partial charge is 0.229 e. The molecule has 7 heteroatoms. The zero-order chi connectivity index (χ0) is 16.9. The summed E-state index contributed by atoms with van der Waals surface area (Å²) in [7, 11) is 0. The molecule has 0 bridgehead atoms. The fraction of sp³-hybridized carbons (Fsp3) is 0.471. The molecule has 24 heavy (non-hydrogen) atoms. The van der Waals surface area contributed by atoms with Crippen LogP contribution < -0.4 is 10.2 Å². The lowest BCUT2D eigenvalue weighted by Crippen LogP contribution is -2.30. The second-order valence-electron chi connectivity index (χ2n) is 6.22. The van der Waals surface area contributed by atoms with E-state index in [2.05, 4.69) is 20.3 Å². The molecule has 2 heterocycles. The SMILES string of the molecule is CC(Cn1cncn1)C(=O)Nc1ccc(N2CCCCC2)c(F)c1. The standard InChI is InChI=1S/C17H22FN5O/c1-13(10-23-12-19-11-20-23)17(24)21-14-5-6-16(15(18)9-14)22-7-3-2-4-8-22/h5-6,9,11-13H,2-4,7-8,10H2,1H3,(H,21,24). The Morgan fingerprint density at radius 3 is 2.79 bits per heavy atom. The third-order valence-corrected chi connectivity index (χ3v) is 4.29. The summed E-state index contributed by atoms with van der Waals surface area (Å²) in [5.74, 6) is -0.759. The van der Waals surface area contributed by atoms with Crippen molar-refractivity contribution < 1.29 is 9.18 Å². The molecule has 1 unspecified atom stereocenters. The van der Waals surface area contributed by atoms with Gasteiger partial charge in [0.15, 0.2) is 0 Å². The average Bonchev–Trinajstić information content (AvgIpc) is 3.08. The number of hydrogen-bond acceptors (Lipinski definition) is 4. The number of carbonyl (C=O) groups excluding carboxylic acids is 1. The minimum atomic E-state index is -0.295. The molecule has 1 fully saturated rings. The van der Waals surface area contributed by atoms with E-state index in [1.165, 1.54) is 18.8 Å². The molecule has 1 N–H and O–H groups in total. The van der Waals surface area contributed by atoms with Gasteiger partial charge in [0.2, 0.25) is 5.91 Å². The third kappa shape index (κ3) is 3.90. The van der Waals surface area contributed by atoms with Crippen LogP contribution in [0, 0.1) is 11.7 Å². The molecule has 0 radical (unpaired) electrons. The van der Waals surface area contributed by atoms with Crippen LogP contribution in [0.1, 0.15) is 26.2 Å². The zero-order valence-electron chi connectivity index (χ0n) is 13.8. The van der Waals surface area contributed by atoms with E-state index in [1.54, 1.807) is 30.1 Å². The van der Waals surface area contributed by atoms with Crippen LogP contribution in [0.15, 0.2) is 30.9 Å². The minimum absolute atomic E-state index is 0.171. The highest BCUT2D eigenvalue weighted by Gasteiger charge is 2.17. The van der Waals surface area contributed by atoms with Gasteiger partial charge in [-0.25, -0.2) is 9.37 Å². The lowest BCUT2D eigenvalue weighted by Gasteiger charge is -2.29. The maximum absolute atomic E-state index is 14.4. The van der Waals surface area contributed by atoms with Gasteiger partial charge < -0.3 is 10.2 Å². The second-order valence-corrected chi connectivity index (χ2v) is 6.22. The maximum atomic E-state index is 14.4. The Kier molecular flexibility index (Phi) is 5.08. The van der Waals surface area contributed by atoms with E-state index in [9.17, 15) is 9.18 Å². The lowest BCUT2D eigenvalue weighted by molar-refractivity contribution is -0.119. The van der Waals surface area contributed by atoms with Crippen molar-refractivity contribution in [2.45, 2.75) is 32.7 Å². The molecule has 0 aliphatic carbocycles. The van der Waals surface area contributed by atoms with Gasteiger partial charge in [0.1, 0.15) is 18.5 Å². The molecular formula is C17H22FN5O. The van der Waals surface area contributed by atoms with E-state index >= 15 is 0 Å². The number of nitrogens with one attached hydrogen (secondary N) is 1. The Bertz CT molecular complexity index is 682. The Hall–Kier alpha value is -2.44. The molecular weight excluding hydrogens is 309 g/mol. The first kappa shape index (κ1) is 16.4. The number of amides is 1. The van der Waals surface area contributed by atoms with Crippen LogP contribution in [-0.4, -0.2) is 33.8 Å². The van der Waals surface area contributed by atoms with Crippen molar-refractivity contribution in [3.63, 3.8) is 0 Å². The van der Waals surface area contributed by atoms with Crippen LogP contribution in [0.25, 0.3) is 0 Å². The number of anilines is 2. The van der Waals surface area contributed by atoms with Crippen molar-refractivity contribution in [3.05, 3.63) is 36.7 Å². The van der Waals surface area contributed by atoms with E-state index < -0.39 is 0 Å². The lowest BCUT2D eigenvalue weighted by atomic mass is 10.1. The summed E-state index contributed by atoms with van der Waals surface area (Å²) in [4.78, 5) is 18.1. The number of aromatic nitrogens is 3. The highest BCUT2D eigenvalue weighted by atomic mass is 19.1. The normalized spacial score (nSPS) is 16.0. The van der Waals surface area contributed by atoms with Crippen molar-refractivity contribution in [1.29, 1.82) is 0 Å². The van der Waals surface area contributed by atoms with Gasteiger partial charge in [-0.2, -0.15) is 5.10 Å². The third-order valence-electron chi connectivity index (χ3n) is 4.29. The van der Waals surface area contributed by atoms with Crippen LogP contribution in [-0.2, 0) is 11.3 Å². The van der Waals surface area contributed by atoms with E-state index in [0.29, 0.717) is 17.9 Å². The molecule has 6 nitrogen and oxygen atoms in total. The van der Waals surface area contributed by atoms with Gasteiger partial charge in [0, 0.05) is 18.8 Å². The fourth-order valence-corrected chi connectivity index (χ4v) is 2.93. The number of rotatable bonds is 5. The average molecular weight is 331 g/mol. The molecule has 1 aliphatic heterocycles. The Balaban J connectivity index is 1.62. The van der Waals surface area contributed by atoms with Gasteiger partial charge in [-0.1, -0.05) is 6.92 Å². The van der Waals surface area contributed by atoms with Gasteiger partial charge >= 0.3 is 0 Å². The fourth-order valence-electron chi connectivity index (χ4n) is 2.93. The van der Waals surface area contributed by atoms with Crippen LogP contribution >= 0.6 is 0 Å². The number of piperidine rings is 1. The number of nitrogens with zero attached hydrogens (tertiary/aromatic N) is 4. The highest BCUT2D eigenvalue weighted by Crippen LogP contribution is 2.26.